The van der Waals surface area contributed by atoms with Gasteiger partial charge in [0, 0.05) is 5.33 Å². The van der Waals surface area contributed by atoms with Crippen molar-refractivity contribution >= 4 is 21.9 Å². The van der Waals surface area contributed by atoms with Crippen LogP contribution in [0.15, 0.2) is 30.3 Å². The van der Waals surface area contributed by atoms with Gasteiger partial charge in [0.1, 0.15) is 18.3 Å². The maximum Gasteiger partial charge on any atom is 0.338 e. The molecule has 2 rings (SSSR count). The number of hydrogen-bond acceptors (Lipinski definition) is 6. The van der Waals surface area contributed by atoms with Crippen molar-refractivity contribution in [1.82, 2.24) is 0 Å². The number of halogens is 1. The quantitative estimate of drug-likeness (QED) is 0.528. The number of ether oxygens (including phenoxy) is 2. The van der Waals surface area contributed by atoms with Gasteiger partial charge in [-0.05, 0) is 12.1 Å². The Balaban J connectivity index is 2.11. The third kappa shape index (κ3) is 3.18. The first-order chi connectivity index (χ1) is 9.54. The highest BCUT2D eigenvalue weighted by molar-refractivity contribution is 9.09. The molecule has 0 aromatic heterocycles. The largest absolute Gasteiger partial charge is 0.453 e. The van der Waals surface area contributed by atoms with Crippen LogP contribution in [0.5, 0.6) is 0 Å². The maximum absolute atomic E-state index is 12.0. The van der Waals surface area contributed by atoms with Crippen molar-refractivity contribution in [2.75, 3.05) is 5.33 Å². The standard InChI is InChI=1S/C13H15BrO6/c14-6-8-11(9(15)10(16)13(18)19-8)20-12(17)7-4-2-1-3-5-7/h1-5,8-11,13,15-16,18H,6H2/t8-,9-,10-,11-,13+/m1/s1. The summed E-state index contributed by atoms with van der Waals surface area (Å²) in [5.41, 5.74) is 0.327. The fourth-order valence-corrected chi connectivity index (χ4v) is 2.48. The summed E-state index contributed by atoms with van der Waals surface area (Å²) in [6.45, 7) is 0. The lowest BCUT2D eigenvalue weighted by Gasteiger charge is -2.39. The fourth-order valence-electron chi connectivity index (χ4n) is 1.96. The van der Waals surface area contributed by atoms with E-state index in [0.717, 1.165) is 0 Å². The Morgan fingerprint density at radius 1 is 1.20 bits per heavy atom. The van der Waals surface area contributed by atoms with Crippen LogP contribution in [-0.2, 0) is 9.47 Å². The van der Waals surface area contributed by atoms with Crippen LogP contribution in [0.2, 0.25) is 0 Å². The summed E-state index contributed by atoms with van der Waals surface area (Å²) in [4.78, 5) is 12.0. The molecule has 110 valence electrons. The second-order valence-electron chi connectivity index (χ2n) is 4.44. The molecular weight excluding hydrogens is 332 g/mol. The third-order valence-corrected chi connectivity index (χ3v) is 3.70. The third-order valence-electron chi connectivity index (χ3n) is 3.06. The molecule has 6 nitrogen and oxygen atoms in total. The molecule has 0 bridgehead atoms. The molecule has 0 spiro atoms. The van der Waals surface area contributed by atoms with E-state index >= 15 is 0 Å². The van der Waals surface area contributed by atoms with Crippen molar-refractivity contribution in [3.8, 4) is 0 Å². The van der Waals surface area contributed by atoms with Gasteiger partial charge in [0.05, 0.1) is 5.56 Å². The minimum Gasteiger partial charge on any atom is -0.453 e. The first-order valence-electron chi connectivity index (χ1n) is 6.06. The molecule has 1 aromatic carbocycles. The van der Waals surface area contributed by atoms with Crippen LogP contribution in [0.25, 0.3) is 0 Å². The normalized spacial score (nSPS) is 33.7. The Bertz CT molecular complexity index is 451. The average Bonchev–Trinajstić information content (AvgIpc) is 2.48. The second kappa shape index (κ2) is 6.64. The predicted octanol–water partition coefficient (Wildman–Crippen LogP) is 0.0459. The predicted molar refractivity (Wildman–Crippen MR) is 72.3 cm³/mol. The summed E-state index contributed by atoms with van der Waals surface area (Å²) in [6.07, 6.45) is -6.29. The number of benzene rings is 1. The smallest absolute Gasteiger partial charge is 0.338 e. The van der Waals surface area contributed by atoms with Crippen molar-refractivity contribution in [3.63, 3.8) is 0 Å². The van der Waals surface area contributed by atoms with Crippen LogP contribution in [0, 0.1) is 0 Å². The molecule has 0 saturated carbocycles. The Morgan fingerprint density at radius 2 is 1.85 bits per heavy atom. The average molecular weight is 347 g/mol. The maximum atomic E-state index is 12.0. The molecule has 20 heavy (non-hydrogen) atoms. The first kappa shape index (κ1) is 15.4. The topological polar surface area (TPSA) is 96.2 Å². The molecule has 0 amide bonds. The number of aliphatic hydroxyl groups excluding tert-OH is 3. The zero-order chi connectivity index (χ0) is 14.7. The van der Waals surface area contributed by atoms with E-state index in [2.05, 4.69) is 15.9 Å². The lowest BCUT2D eigenvalue weighted by Crippen LogP contribution is -2.59. The van der Waals surface area contributed by atoms with Gasteiger partial charge in [-0.3, -0.25) is 0 Å². The number of carbonyl (C=O) groups is 1. The molecule has 0 aliphatic carbocycles. The number of hydrogen-bond donors (Lipinski definition) is 3. The molecular formula is C13H15BrO6. The first-order valence-corrected chi connectivity index (χ1v) is 7.18. The number of alkyl halides is 1. The second-order valence-corrected chi connectivity index (χ2v) is 5.08. The van der Waals surface area contributed by atoms with Crippen LogP contribution in [0.1, 0.15) is 10.4 Å². The molecule has 5 atom stereocenters. The van der Waals surface area contributed by atoms with Gasteiger partial charge in [0.15, 0.2) is 12.4 Å². The molecule has 0 radical (unpaired) electrons. The minimum absolute atomic E-state index is 0.237. The Morgan fingerprint density at radius 3 is 2.45 bits per heavy atom. The monoisotopic (exact) mass is 346 g/mol. The Hall–Kier alpha value is -0.990. The van der Waals surface area contributed by atoms with Crippen molar-refractivity contribution in [3.05, 3.63) is 35.9 Å². The summed E-state index contributed by atoms with van der Waals surface area (Å²) in [5, 5.41) is 29.2. The highest BCUT2D eigenvalue weighted by Crippen LogP contribution is 2.24. The summed E-state index contributed by atoms with van der Waals surface area (Å²) in [5.74, 6) is -0.632. The fraction of sp³-hybridized carbons (Fsp3) is 0.462. The molecule has 1 aromatic rings. The summed E-state index contributed by atoms with van der Waals surface area (Å²) in [6, 6.07) is 8.28. The van der Waals surface area contributed by atoms with Crippen LogP contribution >= 0.6 is 15.9 Å². The summed E-state index contributed by atoms with van der Waals surface area (Å²) < 4.78 is 10.3. The lowest BCUT2D eigenvalue weighted by atomic mass is 9.99. The summed E-state index contributed by atoms with van der Waals surface area (Å²) in [7, 11) is 0. The lowest BCUT2D eigenvalue weighted by molar-refractivity contribution is -0.275. The van der Waals surface area contributed by atoms with Gasteiger partial charge in [-0.1, -0.05) is 34.1 Å². The van der Waals surface area contributed by atoms with Gasteiger partial charge < -0.3 is 24.8 Å². The van der Waals surface area contributed by atoms with Gasteiger partial charge in [-0.15, -0.1) is 0 Å². The molecule has 7 heteroatoms. The van der Waals surface area contributed by atoms with Gasteiger partial charge in [0.25, 0.3) is 0 Å². The molecule has 1 aliphatic heterocycles. The molecule has 1 fully saturated rings. The zero-order valence-corrected chi connectivity index (χ0v) is 12.0. The minimum atomic E-state index is -1.53. The molecule has 3 N–H and O–H groups in total. The van der Waals surface area contributed by atoms with Gasteiger partial charge in [-0.25, -0.2) is 4.79 Å². The number of aliphatic hydroxyl groups is 3. The Labute approximate surface area is 124 Å². The van der Waals surface area contributed by atoms with E-state index in [9.17, 15) is 20.1 Å². The highest BCUT2D eigenvalue weighted by Gasteiger charge is 2.45. The van der Waals surface area contributed by atoms with Crippen molar-refractivity contribution in [2.24, 2.45) is 0 Å². The van der Waals surface area contributed by atoms with E-state index in [1.54, 1.807) is 30.3 Å². The van der Waals surface area contributed by atoms with E-state index in [-0.39, 0.29) is 5.33 Å². The SMILES string of the molecule is O=C(O[C@H]1[C@H](O)[C@@H](O)[C@@H](O)O[C@@H]1CBr)c1ccccc1. The van der Waals surface area contributed by atoms with Crippen LogP contribution in [-0.4, -0.2) is 57.3 Å². The summed E-state index contributed by atoms with van der Waals surface area (Å²) >= 11 is 3.15. The molecule has 0 unspecified atom stereocenters. The van der Waals surface area contributed by atoms with Gasteiger partial charge >= 0.3 is 5.97 Å². The van der Waals surface area contributed by atoms with Gasteiger partial charge in [0.2, 0.25) is 0 Å². The zero-order valence-electron chi connectivity index (χ0n) is 10.4. The molecule has 1 heterocycles. The van der Waals surface area contributed by atoms with Crippen LogP contribution < -0.4 is 0 Å². The van der Waals surface area contributed by atoms with Crippen molar-refractivity contribution in [2.45, 2.75) is 30.7 Å². The van der Waals surface area contributed by atoms with E-state index in [0.29, 0.717) is 5.56 Å². The van der Waals surface area contributed by atoms with Crippen molar-refractivity contribution < 1.29 is 29.6 Å². The van der Waals surface area contributed by atoms with Crippen molar-refractivity contribution in [1.29, 1.82) is 0 Å². The van der Waals surface area contributed by atoms with Gasteiger partial charge in [-0.2, -0.15) is 0 Å². The molecule has 1 saturated heterocycles. The number of esters is 1. The number of rotatable bonds is 3. The van der Waals surface area contributed by atoms with Crippen LogP contribution in [0.4, 0.5) is 0 Å². The highest BCUT2D eigenvalue weighted by atomic mass is 79.9. The Kier molecular flexibility index (Phi) is 5.11. The van der Waals surface area contributed by atoms with E-state index < -0.39 is 36.7 Å². The van der Waals surface area contributed by atoms with E-state index in [1.165, 1.54) is 0 Å². The number of carbonyl (C=O) groups excluding carboxylic acids is 1. The van der Waals surface area contributed by atoms with Crippen LogP contribution in [0.3, 0.4) is 0 Å². The molecule has 1 aliphatic rings. The van der Waals surface area contributed by atoms with E-state index in [1.807, 2.05) is 0 Å². The van der Waals surface area contributed by atoms with E-state index in [4.69, 9.17) is 9.47 Å².